The highest BCUT2D eigenvalue weighted by molar-refractivity contribution is 5.97. The van der Waals surface area contributed by atoms with E-state index < -0.39 is 0 Å². The molecule has 1 saturated carbocycles. The number of aromatic nitrogens is 2. The third-order valence-electron chi connectivity index (χ3n) is 4.02. The fourth-order valence-corrected chi connectivity index (χ4v) is 2.64. The van der Waals surface area contributed by atoms with Gasteiger partial charge in [-0.25, -0.2) is 9.07 Å². The number of amides is 2. The van der Waals surface area contributed by atoms with Crippen LogP contribution in [-0.2, 0) is 4.79 Å². The summed E-state index contributed by atoms with van der Waals surface area (Å²) in [6, 6.07) is 6.18. The Kier molecular flexibility index (Phi) is 4.83. The zero-order valence-electron chi connectivity index (χ0n) is 14.3. The average molecular weight is 344 g/mol. The van der Waals surface area contributed by atoms with Crippen LogP contribution in [0.2, 0.25) is 0 Å². The van der Waals surface area contributed by atoms with Gasteiger partial charge in [0.15, 0.2) is 0 Å². The van der Waals surface area contributed by atoms with Gasteiger partial charge in [0.1, 0.15) is 5.82 Å². The molecule has 1 aliphatic rings. The first kappa shape index (κ1) is 17.1. The Morgan fingerprint density at radius 1 is 1.28 bits per heavy atom. The number of carbonyl (C=O) groups is 2. The molecule has 3 rings (SSSR count). The summed E-state index contributed by atoms with van der Waals surface area (Å²) in [5, 5.41) is 9.74. The Hall–Kier alpha value is -2.70. The number of nitrogens with one attached hydrogen (secondary N) is 2. The molecule has 0 aliphatic heterocycles. The van der Waals surface area contributed by atoms with Crippen LogP contribution in [0.1, 0.15) is 48.7 Å². The summed E-state index contributed by atoms with van der Waals surface area (Å²) in [7, 11) is 0. The molecule has 2 N–H and O–H groups in total. The zero-order valence-corrected chi connectivity index (χ0v) is 14.3. The molecule has 0 spiro atoms. The molecule has 1 aromatic carbocycles. The molecule has 1 aliphatic carbocycles. The number of hydrogen-bond donors (Lipinski definition) is 2. The molecule has 0 saturated heterocycles. The first-order chi connectivity index (χ1) is 12.0. The molecule has 2 amide bonds. The number of hydrogen-bond acceptors (Lipinski definition) is 3. The molecule has 1 fully saturated rings. The minimum atomic E-state index is -0.344. The highest BCUT2D eigenvalue weighted by atomic mass is 19.1. The van der Waals surface area contributed by atoms with Crippen LogP contribution < -0.4 is 10.6 Å². The van der Waals surface area contributed by atoms with Crippen LogP contribution in [0.15, 0.2) is 30.5 Å². The van der Waals surface area contributed by atoms with Crippen molar-refractivity contribution in [2.24, 2.45) is 0 Å². The van der Waals surface area contributed by atoms with E-state index in [1.54, 1.807) is 16.8 Å². The average Bonchev–Trinajstić information content (AvgIpc) is 3.27. The van der Waals surface area contributed by atoms with Crippen LogP contribution in [0.3, 0.4) is 0 Å². The van der Waals surface area contributed by atoms with E-state index in [0.29, 0.717) is 16.9 Å². The van der Waals surface area contributed by atoms with E-state index in [1.165, 1.54) is 18.3 Å². The van der Waals surface area contributed by atoms with Gasteiger partial charge in [0.2, 0.25) is 5.91 Å². The quantitative estimate of drug-likeness (QED) is 0.843. The number of halogens is 1. The van der Waals surface area contributed by atoms with Crippen LogP contribution in [0.4, 0.5) is 4.39 Å². The van der Waals surface area contributed by atoms with E-state index in [2.05, 4.69) is 15.7 Å². The maximum absolute atomic E-state index is 13.1. The number of benzene rings is 1. The van der Waals surface area contributed by atoms with Gasteiger partial charge in [-0.3, -0.25) is 9.59 Å². The van der Waals surface area contributed by atoms with Gasteiger partial charge in [-0.05, 0) is 43.0 Å². The minimum Gasteiger partial charge on any atom is -0.352 e. The van der Waals surface area contributed by atoms with Crippen molar-refractivity contribution < 1.29 is 14.0 Å². The summed E-state index contributed by atoms with van der Waals surface area (Å²) >= 11 is 0. The molecule has 2 aromatic rings. The standard InChI is InChI=1S/C18H21FN4O2/c1-11(2)17-15(18(25)20-10-16(24)22-13-5-6-13)9-21-23(17)14-7-3-12(19)4-8-14/h3-4,7-9,11,13H,5-6,10H2,1-2H3,(H,20,25)(H,22,24). The molecule has 0 bridgehead atoms. The normalized spacial score (nSPS) is 13.8. The highest BCUT2D eigenvalue weighted by Gasteiger charge is 2.24. The van der Waals surface area contributed by atoms with E-state index in [-0.39, 0.29) is 36.1 Å². The molecule has 6 nitrogen and oxygen atoms in total. The monoisotopic (exact) mass is 344 g/mol. The fraction of sp³-hybridized carbons (Fsp3) is 0.389. The van der Waals surface area contributed by atoms with Crippen LogP contribution in [0, 0.1) is 5.82 Å². The summed E-state index contributed by atoms with van der Waals surface area (Å²) in [5.74, 6) is -0.842. The molecule has 1 heterocycles. The molecular formula is C18H21FN4O2. The minimum absolute atomic E-state index is 0.0218. The summed E-state index contributed by atoms with van der Waals surface area (Å²) in [4.78, 5) is 24.2. The second-order valence-corrected chi connectivity index (χ2v) is 6.51. The Bertz CT molecular complexity index is 779. The van der Waals surface area contributed by atoms with Crippen molar-refractivity contribution in [2.45, 2.75) is 38.6 Å². The van der Waals surface area contributed by atoms with Gasteiger partial charge >= 0.3 is 0 Å². The van der Waals surface area contributed by atoms with Gasteiger partial charge in [0, 0.05) is 6.04 Å². The number of carbonyl (C=O) groups excluding carboxylic acids is 2. The van der Waals surface area contributed by atoms with E-state index in [9.17, 15) is 14.0 Å². The molecule has 25 heavy (non-hydrogen) atoms. The van der Waals surface area contributed by atoms with Crippen LogP contribution in [-0.4, -0.2) is 34.2 Å². The van der Waals surface area contributed by atoms with Gasteiger partial charge in [-0.15, -0.1) is 0 Å². The van der Waals surface area contributed by atoms with E-state index >= 15 is 0 Å². The van der Waals surface area contributed by atoms with Crippen molar-refractivity contribution in [3.05, 3.63) is 47.5 Å². The Labute approximate surface area is 145 Å². The second kappa shape index (κ2) is 7.04. The zero-order chi connectivity index (χ0) is 18.0. The Balaban J connectivity index is 1.77. The third-order valence-corrected chi connectivity index (χ3v) is 4.02. The molecule has 0 atom stereocenters. The summed E-state index contributed by atoms with van der Waals surface area (Å²) < 4.78 is 14.8. The molecule has 132 valence electrons. The Morgan fingerprint density at radius 3 is 2.56 bits per heavy atom. The van der Waals surface area contributed by atoms with Crippen molar-refractivity contribution in [2.75, 3.05) is 6.54 Å². The third kappa shape index (κ3) is 4.04. The number of rotatable bonds is 6. The Morgan fingerprint density at radius 2 is 1.96 bits per heavy atom. The molecular weight excluding hydrogens is 323 g/mol. The van der Waals surface area contributed by atoms with Crippen molar-refractivity contribution in [1.82, 2.24) is 20.4 Å². The molecule has 0 radical (unpaired) electrons. The second-order valence-electron chi connectivity index (χ2n) is 6.51. The highest BCUT2D eigenvalue weighted by Crippen LogP contribution is 2.23. The fourth-order valence-electron chi connectivity index (χ4n) is 2.64. The first-order valence-corrected chi connectivity index (χ1v) is 8.37. The van der Waals surface area contributed by atoms with Crippen molar-refractivity contribution in [3.8, 4) is 5.69 Å². The molecule has 1 aromatic heterocycles. The lowest BCUT2D eigenvalue weighted by Gasteiger charge is -2.13. The SMILES string of the molecule is CC(C)c1c(C(=O)NCC(=O)NC2CC2)cnn1-c1ccc(F)cc1. The van der Waals surface area contributed by atoms with Gasteiger partial charge in [0.25, 0.3) is 5.91 Å². The van der Waals surface area contributed by atoms with E-state index in [4.69, 9.17) is 0 Å². The van der Waals surface area contributed by atoms with E-state index in [1.807, 2.05) is 13.8 Å². The maximum Gasteiger partial charge on any atom is 0.255 e. The predicted octanol–water partition coefficient (Wildman–Crippen LogP) is 2.14. The van der Waals surface area contributed by atoms with Gasteiger partial charge < -0.3 is 10.6 Å². The summed E-state index contributed by atoms with van der Waals surface area (Å²) in [6.45, 7) is 3.84. The van der Waals surface area contributed by atoms with Crippen molar-refractivity contribution in [3.63, 3.8) is 0 Å². The van der Waals surface area contributed by atoms with Crippen LogP contribution >= 0.6 is 0 Å². The van der Waals surface area contributed by atoms with E-state index in [0.717, 1.165) is 12.8 Å². The first-order valence-electron chi connectivity index (χ1n) is 8.37. The molecule has 7 heteroatoms. The maximum atomic E-state index is 13.1. The van der Waals surface area contributed by atoms with Gasteiger partial charge in [0.05, 0.1) is 29.7 Å². The van der Waals surface area contributed by atoms with Gasteiger partial charge in [-0.2, -0.15) is 5.10 Å². The summed E-state index contributed by atoms with van der Waals surface area (Å²) in [5.41, 5.74) is 1.81. The van der Waals surface area contributed by atoms with Gasteiger partial charge in [-0.1, -0.05) is 13.8 Å². The number of nitrogens with zero attached hydrogens (tertiary/aromatic N) is 2. The topological polar surface area (TPSA) is 76.0 Å². The lowest BCUT2D eigenvalue weighted by atomic mass is 10.0. The van der Waals surface area contributed by atoms with Crippen molar-refractivity contribution in [1.29, 1.82) is 0 Å². The lowest BCUT2D eigenvalue weighted by molar-refractivity contribution is -0.120. The predicted molar refractivity (Wildman–Crippen MR) is 91.1 cm³/mol. The summed E-state index contributed by atoms with van der Waals surface area (Å²) in [6.07, 6.45) is 3.48. The lowest BCUT2D eigenvalue weighted by Crippen LogP contribution is -2.38. The van der Waals surface area contributed by atoms with Crippen LogP contribution in [0.25, 0.3) is 5.69 Å². The molecule has 0 unspecified atom stereocenters. The van der Waals surface area contributed by atoms with Crippen LogP contribution in [0.5, 0.6) is 0 Å². The largest absolute Gasteiger partial charge is 0.352 e. The smallest absolute Gasteiger partial charge is 0.255 e. The van der Waals surface area contributed by atoms with Crippen molar-refractivity contribution >= 4 is 11.8 Å².